The average molecular weight is 402 g/mol. The van der Waals surface area contributed by atoms with Crippen molar-refractivity contribution < 1.29 is 38.2 Å². The Labute approximate surface area is 161 Å². The summed E-state index contributed by atoms with van der Waals surface area (Å²) in [6.45, 7) is -0.898. The molecular formula is C16H26N4O8. The largest absolute Gasteiger partial charge is 0.449 e. The molecule has 12 heteroatoms. The lowest BCUT2D eigenvalue weighted by atomic mass is 9.90. The van der Waals surface area contributed by atoms with Gasteiger partial charge in [-0.1, -0.05) is 0 Å². The summed E-state index contributed by atoms with van der Waals surface area (Å²) in [7, 11) is 2.80. The van der Waals surface area contributed by atoms with Gasteiger partial charge in [0.2, 0.25) is 11.8 Å². The number of hydrogen-bond acceptors (Lipinski definition) is 8. The Hall–Kier alpha value is -3.18. The van der Waals surface area contributed by atoms with E-state index in [1.165, 1.54) is 14.1 Å². The van der Waals surface area contributed by atoms with Crippen molar-refractivity contribution in [2.24, 2.45) is 23.3 Å². The van der Waals surface area contributed by atoms with Crippen molar-refractivity contribution in [1.29, 1.82) is 0 Å². The number of rotatable bonds is 13. The summed E-state index contributed by atoms with van der Waals surface area (Å²) in [5.41, 5.74) is 9.69. The third-order valence-corrected chi connectivity index (χ3v) is 3.80. The summed E-state index contributed by atoms with van der Waals surface area (Å²) >= 11 is 0. The summed E-state index contributed by atoms with van der Waals surface area (Å²) < 4.78 is 9.08. The van der Waals surface area contributed by atoms with E-state index in [9.17, 15) is 28.8 Å². The highest BCUT2D eigenvalue weighted by molar-refractivity contribution is 5.93. The van der Waals surface area contributed by atoms with Gasteiger partial charge in [0, 0.05) is 45.7 Å². The fraction of sp³-hybridized carbons (Fsp3) is 0.625. The van der Waals surface area contributed by atoms with E-state index in [4.69, 9.17) is 11.5 Å². The van der Waals surface area contributed by atoms with Crippen LogP contribution in [0.15, 0.2) is 0 Å². The Balaban J connectivity index is 4.91. The smallest absolute Gasteiger partial charge is 0.404 e. The van der Waals surface area contributed by atoms with E-state index in [-0.39, 0.29) is 25.7 Å². The van der Waals surface area contributed by atoms with Crippen LogP contribution in [0.3, 0.4) is 0 Å². The molecule has 6 N–H and O–H groups in total. The number of amides is 4. The Morgan fingerprint density at radius 3 is 1.39 bits per heavy atom. The highest BCUT2D eigenvalue weighted by Gasteiger charge is 2.27. The average Bonchev–Trinajstić information content (AvgIpc) is 2.64. The first kappa shape index (κ1) is 24.8. The minimum Gasteiger partial charge on any atom is -0.449 e. The summed E-state index contributed by atoms with van der Waals surface area (Å²) in [6.07, 6.45) is -3.16. The van der Waals surface area contributed by atoms with Crippen molar-refractivity contribution in [2.75, 3.05) is 27.3 Å². The van der Waals surface area contributed by atoms with E-state index in [1.807, 2.05) is 0 Å². The third kappa shape index (κ3) is 10.7. The topological polar surface area (TPSA) is 197 Å². The molecule has 0 saturated carbocycles. The van der Waals surface area contributed by atoms with Gasteiger partial charge in [-0.2, -0.15) is 0 Å². The van der Waals surface area contributed by atoms with Crippen molar-refractivity contribution in [3.05, 3.63) is 0 Å². The molecule has 0 heterocycles. The molecular weight excluding hydrogens is 376 g/mol. The van der Waals surface area contributed by atoms with E-state index in [0.717, 1.165) is 0 Å². The SMILES string of the molecule is CNC(=O)CC(CC(=O)NC)C(=O)CCC(=O)C(COC(N)=O)COC(N)=O. The molecule has 0 aliphatic rings. The first-order valence-electron chi connectivity index (χ1n) is 8.41. The van der Waals surface area contributed by atoms with Crippen molar-refractivity contribution in [1.82, 2.24) is 10.6 Å². The molecule has 0 atom stereocenters. The number of Topliss-reactive ketones (excluding diaryl/α,β-unsaturated/α-hetero) is 2. The van der Waals surface area contributed by atoms with E-state index in [1.54, 1.807) is 0 Å². The molecule has 4 amide bonds. The zero-order valence-corrected chi connectivity index (χ0v) is 15.8. The summed E-state index contributed by atoms with van der Waals surface area (Å²) in [5, 5.41) is 4.74. The Morgan fingerprint density at radius 1 is 0.714 bits per heavy atom. The molecule has 0 spiro atoms. The van der Waals surface area contributed by atoms with Crippen molar-refractivity contribution in [3.8, 4) is 0 Å². The second-order valence-electron chi connectivity index (χ2n) is 5.84. The quantitative estimate of drug-likeness (QED) is 0.288. The first-order chi connectivity index (χ1) is 13.1. The number of nitrogens with two attached hydrogens (primary N) is 2. The van der Waals surface area contributed by atoms with E-state index >= 15 is 0 Å². The Bertz CT molecular complexity index is 571. The standard InChI is InChI=1S/C16H26N4O8/c1-19-13(23)5-9(6-14(24)20-2)11(21)3-4-12(22)10(7-27-15(17)25)8-28-16(18)26/h9-10H,3-8H2,1-2H3,(H2,17,25)(H2,18,26)(H,19,23)(H,20,24). The maximum atomic E-state index is 12.4. The van der Waals surface area contributed by atoms with Crippen LogP contribution in [-0.4, -0.2) is 62.9 Å². The van der Waals surface area contributed by atoms with Gasteiger partial charge in [0.1, 0.15) is 24.8 Å². The minimum atomic E-state index is -1.12. The lowest BCUT2D eigenvalue weighted by Gasteiger charge is -2.17. The maximum Gasteiger partial charge on any atom is 0.404 e. The number of ketones is 2. The zero-order valence-electron chi connectivity index (χ0n) is 15.8. The molecule has 0 rings (SSSR count). The lowest BCUT2D eigenvalue weighted by Crippen LogP contribution is -2.32. The van der Waals surface area contributed by atoms with Gasteiger partial charge < -0.3 is 31.6 Å². The van der Waals surface area contributed by atoms with Gasteiger partial charge in [-0.05, 0) is 0 Å². The highest BCUT2D eigenvalue weighted by Crippen LogP contribution is 2.16. The molecule has 0 aliphatic carbocycles. The fourth-order valence-corrected chi connectivity index (χ4v) is 2.21. The summed E-state index contributed by atoms with van der Waals surface area (Å²) in [5.74, 6) is -3.77. The van der Waals surface area contributed by atoms with Crippen molar-refractivity contribution >= 4 is 35.6 Å². The van der Waals surface area contributed by atoms with Crippen LogP contribution in [0.5, 0.6) is 0 Å². The molecule has 0 aliphatic heterocycles. The molecule has 158 valence electrons. The van der Waals surface area contributed by atoms with Gasteiger partial charge in [-0.25, -0.2) is 9.59 Å². The first-order valence-corrected chi connectivity index (χ1v) is 8.41. The van der Waals surface area contributed by atoms with Crippen molar-refractivity contribution in [2.45, 2.75) is 25.7 Å². The molecule has 0 aromatic carbocycles. The molecule has 0 bridgehead atoms. The van der Waals surface area contributed by atoms with Crippen LogP contribution in [0.1, 0.15) is 25.7 Å². The molecule has 12 nitrogen and oxygen atoms in total. The Morgan fingerprint density at radius 2 is 1.07 bits per heavy atom. The number of ether oxygens (including phenoxy) is 2. The van der Waals surface area contributed by atoms with Gasteiger partial charge in [0.25, 0.3) is 0 Å². The zero-order chi connectivity index (χ0) is 21.7. The van der Waals surface area contributed by atoms with Crippen LogP contribution in [0.4, 0.5) is 9.59 Å². The number of primary amides is 2. The highest BCUT2D eigenvalue weighted by atomic mass is 16.6. The lowest BCUT2D eigenvalue weighted by molar-refractivity contribution is -0.133. The van der Waals surface area contributed by atoms with E-state index in [2.05, 4.69) is 20.1 Å². The number of carbonyl (C=O) groups is 6. The van der Waals surface area contributed by atoms with Crippen LogP contribution < -0.4 is 22.1 Å². The normalized spacial score (nSPS) is 10.3. The molecule has 0 aromatic rings. The van der Waals surface area contributed by atoms with Crippen LogP contribution in [0.2, 0.25) is 0 Å². The van der Waals surface area contributed by atoms with Crippen LogP contribution in [0.25, 0.3) is 0 Å². The van der Waals surface area contributed by atoms with Gasteiger partial charge in [-0.15, -0.1) is 0 Å². The molecule has 0 unspecified atom stereocenters. The van der Waals surface area contributed by atoms with Gasteiger partial charge in [0.15, 0.2) is 0 Å². The second kappa shape index (κ2) is 13.1. The van der Waals surface area contributed by atoms with Crippen LogP contribution in [0, 0.1) is 11.8 Å². The van der Waals surface area contributed by atoms with Gasteiger partial charge >= 0.3 is 12.2 Å². The van der Waals surface area contributed by atoms with Gasteiger partial charge in [-0.3, -0.25) is 19.2 Å². The summed E-state index contributed by atoms with van der Waals surface area (Å²) in [4.78, 5) is 69.2. The van der Waals surface area contributed by atoms with Gasteiger partial charge in [0.05, 0.1) is 5.92 Å². The third-order valence-electron chi connectivity index (χ3n) is 3.80. The molecule has 0 fully saturated rings. The fourth-order valence-electron chi connectivity index (χ4n) is 2.21. The molecule has 28 heavy (non-hydrogen) atoms. The maximum absolute atomic E-state index is 12.4. The minimum absolute atomic E-state index is 0.198. The predicted molar refractivity (Wildman–Crippen MR) is 94.7 cm³/mol. The molecule has 0 aromatic heterocycles. The molecule has 0 radical (unpaired) electrons. The summed E-state index contributed by atoms with van der Waals surface area (Å²) in [6, 6.07) is 0. The van der Waals surface area contributed by atoms with Crippen molar-refractivity contribution in [3.63, 3.8) is 0 Å². The predicted octanol–water partition coefficient (Wildman–Crippen LogP) is -1.40. The number of nitrogens with one attached hydrogen (secondary N) is 2. The van der Waals surface area contributed by atoms with Crippen LogP contribution >= 0.6 is 0 Å². The van der Waals surface area contributed by atoms with E-state index < -0.39 is 60.6 Å². The van der Waals surface area contributed by atoms with E-state index in [0.29, 0.717) is 0 Å². The monoisotopic (exact) mass is 402 g/mol. The number of hydrogen-bond donors (Lipinski definition) is 4. The molecule has 0 saturated heterocycles. The Kier molecular flexibility index (Phi) is 11.6. The second-order valence-corrected chi connectivity index (χ2v) is 5.84. The van der Waals surface area contributed by atoms with Crippen LogP contribution in [-0.2, 0) is 28.7 Å². The number of carbonyl (C=O) groups excluding carboxylic acids is 6.